The predicted octanol–water partition coefficient (Wildman–Crippen LogP) is 1.64. The molecule has 8 heteroatoms. The summed E-state index contributed by atoms with van der Waals surface area (Å²) < 4.78 is 30.7. The lowest BCUT2D eigenvalue weighted by atomic mass is 10.3. The first-order valence-electron chi connectivity index (χ1n) is 8.55. The Morgan fingerprint density at radius 2 is 1.23 bits per heavy atom. The molecule has 0 aromatic heterocycles. The Labute approximate surface area is 155 Å². The quantitative estimate of drug-likeness (QED) is 0.174. The molecule has 0 atom stereocenters. The summed E-state index contributed by atoms with van der Waals surface area (Å²) in [5.41, 5.74) is 0.573. The molecule has 8 nitrogen and oxygen atoms in total. The van der Waals surface area contributed by atoms with E-state index in [2.05, 4.69) is 6.58 Å². The topological polar surface area (TPSA) is 89.5 Å². The molecule has 0 fully saturated rings. The minimum absolute atomic E-state index is 0.0320. The van der Waals surface area contributed by atoms with E-state index in [9.17, 15) is 9.59 Å². The maximum Gasteiger partial charge on any atom is 0.372 e. The van der Waals surface area contributed by atoms with Gasteiger partial charge in [0, 0.05) is 5.57 Å². The van der Waals surface area contributed by atoms with Gasteiger partial charge in [0.2, 0.25) is 0 Å². The lowest BCUT2D eigenvalue weighted by molar-refractivity contribution is -0.143. The minimum Gasteiger partial charge on any atom is -0.485 e. The van der Waals surface area contributed by atoms with Crippen LogP contribution in [-0.4, -0.2) is 71.4 Å². The van der Waals surface area contributed by atoms with Crippen molar-refractivity contribution >= 4 is 11.9 Å². The number of esters is 2. The normalized spacial score (nSPS) is 11.1. The standard InChI is InChI=1S/C18H30O8/c1-5-15(3)17(19)26-14-12-23-10-8-21-7-9-22-11-13-25-16(4)18(20)24-6-2/h5H,4,6-14H2,1-3H3. The molecule has 150 valence electrons. The van der Waals surface area contributed by atoms with Gasteiger partial charge in [-0.1, -0.05) is 6.08 Å². The Bertz CT molecular complexity index is 444. The summed E-state index contributed by atoms with van der Waals surface area (Å²) in [6.07, 6.45) is 1.70. The molecule has 0 bridgehead atoms. The van der Waals surface area contributed by atoms with E-state index in [0.29, 0.717) is 45.2 Å². The number of allylic oxidation sites excluding steroid dienone is 1. The maximum absolute atomic E-state index is 11.3. The minimum atomic E-state index is -0.567. The molecule has 0 saturated heterocycles. The van der Waals surface area contributed by atoms with Gasteiger partial charge in [0.25, 0.3) is 0 Å². The summed E-state index contributed by atoms with van der Waals surface area (Å²) >= 11 is 0. The SMILES string of the molecule is C=C(OCCOCCOCCOCCOC(=O)C(C)=CC)C(=O)OCC. The maximum atomic E-state index is 11.3. The van der Waals surface area contributed by atoms with Crippen molar-refractivity contribution in [2.45, 2.75) is 20.8 Å². The van der Waals surface area contributed by atoms with Gasteiger partial charge < -0.3 is 28.4 Å². The summed E-state index contributed by atoms with van der Waals surface area (Å²) in [5, 5.41) is 0. The number of carbonyl (C=O) groups excluding carboxylic acids is 2. The van der Waals surface area contributed by atoms with Crippen LogP contribution in [0.2, 0.25) is 0 Å². The molecular formula is C18H30O8. The van der Waals surface area contributed by atoms with Crippen molar-refractivity contribution in [1.82, 2.24) is 0 Å². The summed E-state index contributed by atoms with van der Waals surface area (Å²) in [5.74, 6) is -0.933. The van der Waals surface area contributed by atoms with Crippen molar-refractivity contribution in [3.8, 4) is 0 Å². The highest BCUT2D eigenvalue weighted by Gasteiger charge is 2.08. The Balaban J connectivity index is 3.31. The molecule has 0 aromatic rings. The predicted molar refractivity (Wildman–Crippen MR) is 94.6 cm³/mol. The van der Waals surface area contributed by atoms with E-state index >= 15 is 0 Å². The van der Waals surface area contributed by atoms with Gasteiger partial charge in [0.1, 0.15) is 13.2 Å². The van der Waals surface area contributed by atoms with Gasteiger partial charge in [0.05, 0.1) is 46.2 Å². The highest BCUT2D eigenvalue weighted by atomic mass is 16.6. The molecular weight excluding hydrogens is 344 g/mol. The molecule has 0 N–H and O–H groups in total. The average molecular weight is 374 g/mol. The van der Waals surface area contributed by atoms with Crippen molar-refractivity contribution in [1.29, 1.82) is 0 Å². The fourth-order valence-electron chi connectivity index (χ4n) is 1.46. The Hall–Kier alpha value is -1.90. The van der Waals surface area contributed by atoms with Crippen LogP contribution < -0.4 is 0 Å². The molecule has 26 heavy (non-hydrogen) atoms. The van der Waals surface area contributed by atoms with Gasteiger partial charge in [-0.3, -0.25) is 0 Å². The first kappa shape index (κ1) is 24.1. The van der Waals surface area contributed by atoms with Crippen LogP contribution >= 0.6 is 0 Å². The molecule has 0 heterocycles. The summed E-state index contributed by atoms with van der Waals surface area (Å²) in [6.45, 7) is 11.6. The monoisotopic (exact) mass is 374 g/mol. The van der Waals surface area contributed by atoms with E-state index in [-0.39, 0.29) is 31.5 Å². The van der Waals surface area contributed by atoms with Crippen molar-refractivity contribution in [3.63, 3.8) is 0 Å². The molecule has 0 aliphatic carbocycles. The van der Waals surface area contributed by atoms with Gasteiger partial charge in [-0.25, -0.2) is 9.59 Å². The Morgan fingerprint density at radius 3 is 1.69 bits per heavy atom. The lowest BCUT2D eigenvalue weighted by Crippen LogP contribution is -2.15. The van der Waals surface area contributed by atoms with Crippen LogP contribution in [0, 0.1) is 0 Å². The fraction of sp³-hybridized carbons (Fsp3) is 0.667. The molecule has 0 aliphatic rings. The van der Waals surface area contributed by atoms with Gasteiger partial charge >= 0.3 is 11.9 Å². The van der Waals surface area contributed by atoms with Crippen molar-refractivity contribution < 1.29 is 38.0 Å². The van der Waals surface area contributed by atoms with E-state index in [0.717, 1.165) is 0 Å². The summed E-state index contributed by atoms with van der Waals surface area (Å²) in [6, 6.07) is 0. The number of carbonyl (C=O) groups is 2. The Kier molecular flexibility index (Phi) is 15.4. The molecule has 0 aliphatic heterocycles. The van der Waals surface area contributed by atoms with E-state index in [1.165, 1.54) is 0 Å². The highest BCUT2D eigenvalue weighted by molar-refractivity contribution is 5.87. The third kappa shape index (κ3) is 13.4. The highest BCUT2D eigenvalue weighted by Crippen LogP contribution is 1.97. The van der Waals surface area contributed by atoms with Gasteiger partial charge in [-0.15, -0.1) is 0 Å². The van der Waals surface area contributed by atoms with Crippen LogP contribution in [0.25, 0.3) is 0 Å². The van der Waals surface area contributed by atoms with E-state index in [1.807, 2.05) is 0 Å². The van der Waals surface area contributed by atoms with Crippen LogP contribution in [0.4, 0.5) is 0 Å². The zero-order valence-corrected chi connectivity index (χ0v) is 15.9. The van der Waals surface area contributed by atoms with Crippen LogP contribution in [0.15, 0.2) is 24.0 Å². The smallest absolute Gasteiger partial charge is 0.372 e. The van der Waals surface area contributed by atoms with Crippen molar-refractivity contribution in [2.75, 3.05) is 59.5 Å². The molecule has 0 aromatic carbocycles. The van der Waals surface area contributed by atoms with Crippen LogP contribution in [0.3, 0.4) is 0 Å². The van der Waals surface area contributed by atoms with Crippen LogP contribution in [0.5, 0.6) is 0 Å². The molecule has 0 unspecified atom stereocenters. The second-order valence-electron chi connectivity index (χ2n) is 4.94. The second kappa shape index (κ2) is 16.6. The number of hydrogen-bond acceptors (Lipinski definition) is 8. The van der Waals surface area contributed by atoms with Crippen molar-refractivity contribution in [3.05, 3.63) is 24.0 Å². The number of hydrogen-bond donors (Lipinski definition) is 0. The van der Waals surface area contributed by atoms with E-state index in [1.54, 1.807) is 26.8 Å². The van der Waals surface area contributed by atoms with E-state index < -0.39 is 5.97 Å². The summed E-state index contributed by atoms with van der Waals surface area (Å²) in [4.78, 5) is 22.5. The van der Waals surface area contributed by atoms with Gasteiger partial charge in [0.15, 0.2) is 5.76 Å². The molecule has 0 rings (SSSR count). The number of ether oxygens (including phenoxy) is 6. The fourth-order valence-corrected chi connectivity index (χ4v) is 1.46. The van der Waals surface area contributed by atoms with E-state index in [4.69, 9.17) is 28.4 Å². The third-order valence-corrected chi connectivity index (χ3v) is 2.97. The zero-order chi connectivity index (χ0) is 19.6. The van der Waals surface area contributed by atoms with Gasteiger partial charge in [-0.05, 0) is 27.4 Å². The summed E-state index contributed by atoms with van der Waals surface area (Å²) in [7, 11) is 0. The molecule has 0 spiro atoms. The molecule has 0 amide bonds. The zero-order valence-electron chi connectivity index (χ0n) is 15.9. The molecule has 0 radical (unpaired) electrons. The first-order valence-corrected chi connectivity index (χ1v) is 8.55. The first-order chi connectivity index (χ1) is 12.5. The van der Waals surface area contributed by atoms with Crippen LogP contribution in [-0.2, 0) is 38.0 Å². The average Bonchev–Trinajstić information content (AvgIpc) is 2.64. The van der Waals surface area contributed by atoms with Gasteiger partial charge in [-0.2, -0.15) is 0 Å². The van der Waals surface area contributed by atoms with Crippen LogP contribution in [0.1, 0.15) is 20.8 Å². The lowest BCUT2D eigenvalue weighted by Gasteiger charge is -2.09. The number of rotatable bonds is 16. The Morgan fingerprint density at radius 1 is 0.769 bits per heavy atom. The largest absolute Gasteiger partial charge is 0.485 e. The second-order valence-corrected chi connectivity index (χ2v) is 4.94. The third-order valence-electron chi connectivity index (χ3n) is 2.97. The molecule has 0 saturated carbocycles. The van der Waals surface area contributed by atoms with Crippen molar-refractivity contribution in [2.24, 2.45) is 0 Å².